The number of rotatable bonds is 2. The van der Waals surface area contributed by atoms with E-state index in [9.17, 15) is 4.79 Å². The average Bonchev–Trinajstić information content (AvgIpc) is 2.42. The Bertz CT molecular complexity index is 676. The minimum Gasteiger partial charge on any atom is -0.482 e. The van der Waals surface area contributed by atoms with Gasteiger partial charge in [0.1, 0.15) is 10.9 Å². The molecule has 0 saturated carbocycles. The molecule has 4 nitrogen and oxygen atoms in total. The number of carbonyl (C=O) groups excluding carboxylic acids is 1. The highest BCUT2D eigenvalue weighted by atomic mass is 35.5. The van der Waals surface area contributed by atoms with E-state index in [1.165, 1.54) is 0 Å². The Balaban J connectivity index is 1.97. The van der Waals surface area contributed by atoms with Gasteiger partial charge in [0.05, 0.1) is 12.2 Å². The van der Waals surface area contributed by atoms with Crippen molar-refractivity contribution >= 4 is 34.8 Å². The Morgan fingerprint density at radius 3 is 2.90 bits per heavy atom. The highest BCUT2D eigenvalue weighted by Crippen LogP contribution is 2.35. The van der Waals surface area contributed by atoms with Crippen molar-refractivity contribution in [1.82, 2.24) is 4.98 Å². The smallest absolute Gasteiger partial charge is 0.265 e. The standard InChI is InChI=1S/C14H10Cl2N2O2/c15-10-1-2-12-11(6-10)18(14(19)8-20-12)7-9-3-4-17-13(16)5-9/h1-6H,7-8H2. The molecule has 0 radical (unpaired) electrons. The van der Waals surface area contributed by atoms with Gasteiger partial charge in [0.2, 0.25) is 0 Å². The van der Waals surface area contributed by atoms with Crippen LogP contribution in [0.3, 0.4) is 0 Å². The lowest BCUT2D eigenvalue weighted by atomic mass is 10.2. The summed E-state index contributed by atoms with van der Waals surface area (Å²) in [6, 6.07) is 8.76. The Hall–Kier alpha value is -1.78. The fourth-order valence-electron chi connectivity index (χ4n) is 2.07. The number of carbonyl (C=O) groups is 1. The van der Waals surface area contributed by atoms with Crippen LogP contribution < -0.4 is 9.64 Å². The van der Waals surface area contributed by atoms with Crippen molar-refractivity contribution in [3.63, 3.8) is 0 Å². The predicted molar refractivity (Wildman–Crippen MR) is 77.4 cm³/mol. The zero-order chi connectivity index (χ0) is 14.1. The van der Waals surface area contributed by atoms with E-state index in [4.69, 9.17) is 27.9 Å². The van der Waals surface area contributed by atoms with Crippen LogP contribution in [0, 0.1) is 0 Å². The van der Waals surface area contributed by atoms with Crippen molar-refractivity contribution in [1.29, 1.82) is 0 Å². The summed E-state index contributed by atoms with van der Waals surface area (Å²) in [5, 5.41) is 0.953. The third kappa shape index (κ3) is 2.57. The summed E-state index contributed by atoms with van der Waals surface area (Å²) in [5.41, 5.74) is 1.56. The van der Waals surface area contributed by atoms with E-state index in [2.05, 4.69) is 4.98 Å². The number of fused-ring (bicyclic) bond motifs is 1. The van der Waals surface area contributed by atoms with Gasteiger partial charge in [-0.3, -0.25) is 4.79 Å². The minimum atomic E-state index is -0.118. The first-order valence-corrected chi connectivity index (χ1v) is 6.72. The van der Waals surface area contributed by atoms with Gasteiger partial charge in [0, 0.05) is 11.2 Å². The fraction of sp³-hybridized carbons (Fsp3) is 0.143. The monoisotopic (exact) mass is 308 g/mol. The highest BCUT2D eigenvalue weighted by molar-refractivity contribution is 6.31. The SMILES string of the molecule is O=C1COc2ccc(Cl)cc2N1Cc1ccnc(Cl)c1. The largest absolute Gasteiger partial charge is 0.482 e. The van der Waals surface area contributed by atoms with Crippen LogP contribution in [-0.2, 0) is 11.3 Å². The summed E-state index contributed by atoms with van der Waals surface area (Å²) in [5.74, 6) is 0.529. The van der Waals surface area contributed by atoms with Crippen LogP contribution in [-0.4, -0.2) is 17.5 Å². The van der Waals surface area contributed by atoms with Crippen LogP contribution in [0.5, 0.6) is 5.75 Å². The predicted octanol–water partition coefficient (Wildman–Crippen LogP) is 3.31. The van der Waals surface area contributed by atoms with Crippen molar-refractivity contribution in [3.8, 4) is 5.75 Å². The number of benzene rings is 1. The van der Waals surface area contributed by atoms with Crippen molar-refractivity contribution in [3.05, 3.63) is 52.3 Å². The molecule has 3 rings (SSSR count). The normalized spacial score (nSPS) is 13.9. The van der Waals surface area contributed by atoms with Crippen molar-refractivity contribution < 1.29 is 9.53 Å². The van der Waals surface area contributed by atoms with E-state index in [1.54, 1.807) is 35.4 Å². The second-order valence-corrected chi connectivity index (χ2v) is 5.19. The number of aromatic nitrogens is 1. The van der Waals surface area contributed by atoms with Gasteiger partial charge in [-0.25, -0.2) is 4.98 Å². The van der Waals surface area contributed by atoms with E-state index in [0.29, 0.717) is 28.2 Å². The number of amides is 1. The first-order chi connectivity index (χ1) is 9.63. The molecule has 1 aromatic heterocycles. The lowest BCUT2D eigenvalue weighted by molar-refractivity contribution is -0.121. The number of hydrogen-bond donors (Lipinski definition) is 0. The zero-order valence-electron chi connectivity index (χ0n) is 10.3. The van der Waals surface area contributed by atoms with Crippen LogP contribution in [0.25, 0.3) is 0 Å². The number of anilines is 1. The number of ether oxygens (including phenoxy) is 1. The van der Waals surface area contributed by atoms with Crippen LogP contribution in [0.1, 0.15) is 5.56 Å². The van der Waals surface area contributed by atoms with E-state index >= 15 is 0 Å². The summed E-state index contributed by atoms with van der Waals surface area (Å²) in [6.07, 6.45) is 1.61. The zero-order valence-corrected chi connectivity index (χ0v) is 11.9. The van der Waals surface area contributed by atoms with Crippen LogP contribution in [0.2, 0.25) is 10.2 Å². The lowest BCUT2D eigenvalue weighted by Crippen LogP contribution is -2.38. The second-order valence-electron chi connectivity index (χ2n) is 4.37. The Morgan fingerprint density at radius 1 is 1.25 bits per heavy atom. The van der Waals surface area contributed by atoms with Crippen molar-refractivity contribution in [2.24, 2.45) is 0 Å². The summed E-state index contributed by atoms with van der Waals surface area (Å²) >= 11 is 11.9. The van der Waals surface area contributed by atoms with Gasteiger partial charge in [-0.15, -0.1) is 0 Å². The maximum atomic E-state index is 12.1. The molecule has 0 spiro atoms. The molecular formula is C14H10Cl2N2O2. The molecule has 1 aliphatic heterocycles. The number of halogens is 2. The topological polar surface area (TPSA) is 42.4 Å². The van der Waals surface area contributed by atoms with Crippen molar-refractivity contribution in [2.75, 3.05) is 11.5 Å². The number of nitrogens with zero attached hydrogens (tertiary/aromatic N) is 2. The third-order valence-electron chi connectivity index (χ3n) is 3.00. The van der Waals surface area contributed by atoms with Crippen LogP contribution in [0.4, 0.5) is 5.69 Å². The number of pyridine rings is 1. The first kappa shape index (κ1) is 13.2. The molecule has 0 N–H and O–H groups in total. The molecule has 2 heterocycles. The first-order valence-electron chi connectivity index (χ1n) is 5.96. The highest BCUT2D eigenvalue weighted by Gasteiger charge is 2.25. The molecule has 1 aromatic carbocycles. The van der Waals surface area contributed by atoms with Gasteiger partial charge in [-0.05, 0) is 35.9 Å². The van der Waals surface area contributed by atoms with Crippen molar-refractivity contribution in [2.45, 2.75) is 6.54 Å². The molecule has 0 aliphatic carbocycles. The van der Waals surface area contributed by atoms with Gasteiger partial charge in [0.15, 0.2) is 6.61 Å². The molecule has 1 amide bonds. The van der Waals surface area contributed by atoms with Gasteiger partial charge in [0.25, 0.3) is 5.91 Å². The molecule has 1 aliphatic rings. The average molecular weight is 309 g/mol. The van der Waals surface area contributed by atoms with Gasteiger partial charge in [-0.2, -0.15) is 0 Å². The Kier molecular flexibility index (Phi) is 3.51. The molecule has 0 fully saturated rings. The Labute approximate surface area is 125 Å². The maximum Gasteiger partial charge on any atom is 0.265 e. The minimum absolute atomic E-state index is 0.0213. The molecule has 0 unspecified atom stereocenters. The van der Waals surface area contributed by atoms with Gasteiger partial charge >= 0.3 is 0 Å². The van der Waals surface area contributed by atoms with Gasteiger partial charge in [-0.1, -0.05) is 23.2 Å². The fourth-order valence-corrected chi connectivity index (χ4v) is 2.43. The van der Waals surface area contributed by atoms with Crippen LogP contribution >= 0.6 is 23.2 Å². The third-order valence-corrected chi connectivity index (χ3v) is 3.44. The van der Waals surface area contributed by atoms with Gasteiger partial charge < -0.3 is 9.64 Å². The molecule has 6 heteroatoms. The molecule has 102 valence electrons. The quantitative estimate of drug-likeness (QED) is 0.799. The summed E-state index contributed by atoms with van der Waals surface area (Å²) in [7, 11) is 0. The maximum absolute atomic E-state index is 12.1. The second kappa shape index (κ2) is 5.31. The molecule has 0 saturated heterocycles. The summed E-state index contributed by atoms with van der Waals surface area (Å²) in [6.45, 7) is 0.422. The van der Waals surface area contributed by atoms with E-state index in [0.717, 1.165) is 5.56 Å². The summed E-state index contributed by atoms with van der Waals surface area (Å²) < 4.78 is 5.39. The molecule has 20 heavy (non-hydrogen) atoms. The molecule has 2 aromatic rings. The van der Waals surface area contributed by atoms with E-state index in [1.807, 2.05) is 6.07 Å². The van der Waals surface area contributed by atoms with E-state index < -0.39 is 0 Å². The molecule has 0 bridgehead atoms. The van der Waals surface area contributed by atoms with E-state index in [-0.39, 0.29) is 12.5 Å². The van der Waals surface area contributed by atoms with Crippen LogP contribution in [0.15, 0.2) is 36.5 Å². The molecule has 0 atom stereocenters. The molecular weight excluding hydrogens is 299 g/mol. The Morgan fingerprint density at radius 2 is 2.10 bits per heavy atom. The lowest BCUT2D eigenvalue weighted by Gasteiger charge is -2.29. The summed E-state index contributed by atoms with van der Waals surface area (Å²) in [4.78, 5) is 17.6. The number of hydrogen-bond acceptors (Lipinski definition) is 3.